The Hall–Kier alpha value is -0.800. The fraction of sp³-hybridized carbons (Fsp3) is 0.636. The molecule has 2 aliphatic heterocycles. The number of fused-ring (bicyclic) bond motifs is 2. The van der Waals surface area contributed by atoms with Crippen LogP contribution in [0.2, 0.25) is 0 Å². The largest absolute Gasteiger partial charge is 0.373 e. The summed E-state index contributed by atoms with van der Waals surface area (Å²) in [6.07, 6.45) is 8.76. The summed E-state index contributed by atoms with van der Waals surface area (Å²) in [5.41, 5.74) is 1.33. The summed E-state index contributed by atoms with van der Waals surface area (Å²) in [6.45, 7) is 0.959. The van der Waals surface area contributed by atoms with Crippen molar-refractivity contribution in [3.63, 3.8) is 0 Å². The highest BCUT2D eigenvalue weighted by molar-refractivity contribution is 5.08. The van der Waals surface area contributed by atoms with Crippen LogP contribution in [0.3, 0.4) is 0 Å². The first-order valence-electron chi connectivity index (χ1n) is 5.42. The fourth-order valence-electron chi connectivity index (χ4n) is 2.57. The van der Waals surface area contributed by atoms with E-state index in [2.05, 4.69) is 16.4 Å². The molecule has 3 rings (SSSR count). The molecule has 14 heavy (non-hydrogen) atoms. The van der Waals surface area contributed by atoms with Crippen molar-refractivity contribution in [2.45, 2.75) is 44.1 Å². The highest BCUT2D eigenvalue weighted by Gasteiger charge is 2.40. The molecule has 2 fully saturated rings. The van der Waals surface area contributed by atoms with Crippen LogP contribution >= 0.6 is 0 Å². The van der Waals surface area contributed by atoms with Crippen molar-refractivity contribution in [1.29, 1.82) is 0 Å². The first-order chi connectivity index (χ1) is 6.92. The van der Waals surface area contributed by atoms with Gasteiger partial charge in [0.2, 0.25) is 0 Å². The van der Waals surface area contributed by atoms with E-state index in [0.29, 0.717) is 18.2 Å². The normalized spacial score (nSPS) is 35.3. The van der Waals surface area contributed by atoms with E-state index in [1.54, 1.807) is 0 Å². The third kappa shape index (κ3) is 1.47. The van der Waals surface area contributed by atoms with Gasteiger partial charge in [0.15, 0.2) is 0 Å². The van der Waals surface area contributed by atoms with Gasteiger partial charge >= 0.3 is 0 Å². The van der Waals surface area contributed by atoms with E-state index in [1.807, 2.05) is 12.4 Å². The molecule has 3 unspecified atom stereocenters. The summed E-state index contributed by atoms with van der Waals surface area (Å²) >= 11 is 0. The van der Waals surface area contributed by atoms with Crippen molar-refractivity contribution in [1.82, 2.24) is 10.3 Å². The Labute approximate surface area is 83.8 Å². The zero-order chi connectivity index (χ0) is 9.38. The summed E-state index contributed by atoms with van der Waals surface area (Å²) < 4.78 is 5.78. The van der Waals surface area contributed by atoms with Crippen LogP contribution in [0.25, 0.3) is 0 Å². The predicted octanol–water partition coefficient (Wildman–Crippen LogP) is 1.42. The van der Waals surface area contributed by atoms with Crippen LogP contribution < -0.4 is 5.32 Å². The number of H-pyrrole nitrogens is 1. The lowest BCUT2D eigenvalue weighted by Gasteiger charge is -2.19. The van der Waals surface area contributed by atoms with Gasteiger partial charge in [0.25, 0.3) is 0 Å². The van der Waals surface area contributed by atoms with Gasteiger partial charge in [-0.1, -0.05) is 0 Å². The van der Waals surface area contributed by atoms with Crippen LogP contribution in [0.15, 0.2) is 18.5 Å². The molecule has 0 amide bonds. The molecular formula is C11H16N2O. The van der Waals surface area contributed by atoms with Gasteiger partial charge in [-0.25, -0.2) is 0 Å². The number of hydrogen-bond donors (Lipinski definition) is 2. The number of hydrogen-bond acceptors (Lipinski definition) is 2. The Balaban J connectivity index is 1.54. The maximum Gasteiger partial charge on any atom is 0.0733 e. The molecular weight excluding hydrogens is 176 g/mol. The fourth-order valence-corrected chi connectivity index (χ4v) is 2.57. The molecule has 3 atom stereocenters. The molecule has 2 saturated heterocycles. The van der Waals surface area contributed by atoms with Crippen LogP contribution in [0.5, 0.6) is 0 Å². The summed E-state index contributed by atoms with van der Waals surface area (Å²) in [5.74, 6) is 0. The third-order valence-corrected chi connectivity index (χ3v) is 3.34. The third-order valence-electron chi connectivity index (χ3n) is 3.34. The van der Waals surface area contributed by atoms with Crippen molar-refractivity contribution >= 4 is 0 Å². The maximum atomic E-state index is 5.78. The van der Waals surface area contributed by atoms with Gasteiger partial charge in [-0.3, -0.25) is 0 Å². The topological polar surface area (TPSA) is 37.0 Å². The second-order valence-corrected chi connectivity index (χ2v) is 4.32. The van der Waals surface area contributed by atoms with E-state index in [4.69, 9.17) is 4.74 Å². The molecule has 3 nitrogen and oxygen atoms in total. The molecule has 0 radical (unpaired) electrons. The monoisotopic (exact) mass is 192 g/mol. The molecule has 0 saturated carbocycles. The zero-order valence-corrected chi connectivity index (χ0v) is 8.20. The summed E-state index contributed by atoms with van der Waals surface area (Å²) in [7, 11) is 0. The highest BCUT2D eigenvalue weighted by Crippen LogP contribution is 2.34. The number of nitrogens with one attached hydrogen (secondary N) is 2. The van der Waals surface area contributed by atoms with E-state index >= 15 is 0 Å². The Morgan fingerprint density at radius 2 is 2.50 bits per heavy atom. The van der Waals surface area contributed by atoms with Crippen molar-refractivity contribution in [3.05, 3.63) is 24.0 Å². The van der Waals surface area contributed by atoms with Gasteiger partial charge in [-0.2, -0.15) is 0 Å². The molecule has 1 aromatic heterocycles. The quantitative estimate of drug-likeness (QED) is 0.760. The second-order valence-electron chi connectivity index (χ2n) is 4.32. The van der Waals surface area contributed by atoms with Crippen molar-refractivity contribution in [2.24, 2.45) is 0 Å². The average Bonchev–Trinajstić information content (AvgIpc) is 2.91. The summed E-state index contributed by atoms with van der Waals surface area (Å²) in [5, 5.41) is 3.57. The zero-order valence-electron chi connectivity index (χ0n) is 8.20. The first kappa shape index (κ1) is 8.50. The first-order valence-corrected chi connectivity index (χ1v) is 5.42. The highest BCUT2D eigenvalue weighted by atomic mass is 16.5. The van der Waals surface area contributed by atoms with Gasteiger partial charge in [0.05, 0.1) is 12.2 Å². The van der Waals surface area contributed by atoms with Gasteiger partial charge in [-0.15, -0.1) is 0 Å². The van der Waals surface area contributed by atoms with Gasteiger partial charge < -0.3 is 15.0 Å². The van der Waals surface area contributed by atoms with E-state index in [0.717, 1.165) is 6.54 Å². The minimum Gasteiger partial charge on any atom is -0.373 e. The molecule has 0 aliphatic carbocycles. The lowest BCUT2D eigenvalue weighted by molar-refractivity contribution is 0.0973. The van der Waals surface area contributed by atoms with Gasteiger partial charge in [0, 0.05) is 25.0 Å². The van der Waals surface area contributed by atoms with E-state index in [1.165, 1.54) is 24.8 Å². The standard InChI is InChI=1S/C11H16N2O/c1-2-11-10(5-9(1)14-11)13-7-8-3-4-12-6-8/h3-4,6,9-13H,1-2,5,7H2. The molecule has 3 heteroatoms. The van der Waals surface area contributed by atoms with Crippen molar-refractivity contribution < 1.29 is 4.74 Å². The van der Waals surface area contributed by atoms with Crippen LogP contribution in [0.4, 0.5) is 0 Å². The molecule has 3 heterocycles. The van der Waals surface area contributed by atoms with Crippen molar-refractivity contribution in [2.75, 3.05) is 0 Å². The van der Waals surface area contributed by atoms with Crippen LogP contribution in [-0.4, -0.2) is 23.2 Å². The molecule has 0 aromatic carbocycles. The van der Waals surface area contributed by atoms with Gasteiger partial charge in [0.1, 0.15) is 0 Å². The Morgan fingerprint density at radius 3 is 3.14 bits per heavy atom. The van der Waals surface area contributed by atoms with E-state index in [-0.39, 0.29) is 0 Å². The lowest BCUT2D eigenvalue weighted by Crippen LogP contribution is -2.36. The number of aromatic nitrogens is 1. The molecule has 0 spiro atoms. The molecule has 2 bridgehead atoms. The van der Waals surface area contributed by atoms with Crippen LogP contribution in [0.1, 0.15) is 24.8 Å². The summed E-state index contributed by atoms with van der Waals surface area (Å²) in [4.78, 5) is 3.07. The second kappa shape index (κ2) is 3.41. The minimum atomic E-state index is 0.485. The number of aromatic amines is 1. The van der Waals surface area contributed by atoms with Crippen molar-refractivity contribution in [3.8, 4) is 0 Å². The van der Waals surface area contributed by atoms with Crippen LogP contribution in [-0.2, 0) is 11.3 Å². The maximum absolute atomic E-state index is 5.78. The van der Waals surface area contributed by atoms with E-state index < -0.39 is 0 Å². The van der Waals surface area contributed by atoms with Gasteiger partial charge in [-0.05, 0) is 30.9 Å². The molecule has 2 N–H and O–H groups in total. The predicted molar refractivity (Wildman–Crippen MR) is 53.9 cm³/mol. The smallest absolute Gasteiger partial charge is 0.0733 e. The SMILES string of the molecule is c1cc(CNC2CC3CCC2O3)c[nH]1. The number of ether oxygens (including phenoxy) is 1. The van der Waals surface area contributed by atoms with E-state index in [9.17, 15) is 0 Å². The molecule has 2 aliphatic rings. The minimum absolute atomic E-state index is 0.485. The van der Waals surface area contributed by atoms with Crippen LogP contribution in [0, 0.1) is 0 Å². The average molecular weight is 192 g/mol. The Bertz CT molecular complexity index is 296. The Kier molecular flexibility index (Phi) is 2.07. The molecule has 1 aromatic rings. The Morgan fingerprint density at radius 1 is 1.50 bits per heavy atom. The molecule has 76 valence electrons. The summed E-state index contributed by atoms with van der Waals surface area (Å²) in [6, 6.07) is 2.70. The number of rotatable bonds is 3. The lowest BCUT2D eigenvalue weighted by atomic mass is 9.95.